The van der Waals surface area contributed by atoms with Crippen LogP contribution in [0.5, 0.6) is 0 Å². The molecule has 2 heteroatoms. The van der Waals surface area contributed by atoms with E-state index in [0.717, 1.165) is 33.6 Å². The Kier molecular flexibility index (Phi) is 4.28. The molecular formula is C24H16N2. The van der Waals surface area contributed by atoms with Crippen molar-refractivity contribution < 1.29 is 0 Å². The van der Waals surface area contributed by atoms with E-state index < -0.39 is 0 Å². The maximum atomic E-state index is 9.22. The molecule has 0 aliphatic rings. The van der Waals surface area contributed by atoms with Crippen LogP contribution in [0.4, 0.5) is 0 Å². The minimum atomic E-state index is 0.647. The van der Waals surface area contributed by atoms with Crippen molar-refractivity contribution in [3.8, 4) is 39.7 Å². The molecule has 0 aliphatic heterocycles. The highest BCUT2D eigenvalue weighted by molar-refractivity contribution is 5.83. The van der Waals surface area contributed by atoms with Gasteiger partial charge in [0.15, 0.2) is 0 Å². The number of hydrogen-bond donors (Lipinski definition) is 0. The van der Waals surface area contributed by atoms with Crippen molar-refractivity contribution in [1.29, 1.82) is 5.26 Å². The summed E-state index contributed by atoms with van der Waals surface area (Å²) in [7, 11) is 0. The molecule has 0 aliphatic carbocycles. The van der Waals surface area contributed by atoms with Gasteiger partial charge in [-0.25, -0.2) is 4.98 Å². The van der Waals surface area contributed by atoms with Crippen LogP contribution in [0, 0.1) is 11.3 Å². The van der Waals surface area contributed by atoms with Crippen LogP contribution in [0.25, 0.3) is 33.6 Å². The number of pyridine rings is 1. The highest BCUT2D eigenvalue weighted by Crippen LogP contribution is 2.33. The predicted molar refractivity (Wildman–Crippen MR) is 105 cm³/mol. The third-order valence-corrected chi connectivity index (χ3v) is 4.31. The minimum Gasteiger partial charge on any atom is -0.247 e. The molecule has 3 aromatic carbocycles. The number of aromatic nitrogens is 1. The van der Waals surface area contributed by atoms with Gasteiger partial charge in [0.2, 0.25) is 0 Å². The Morgan fingerprint density at radius 3 is 1.96 bits per heavy atom. The van der Waals surface area contributed by atoms with Crippen LogP contribution in [0.2, 0.25) is 0 Å². The Hall–Kier alpha value is -3.70. The first-order valence-corrected chi connectivity index (χ1v) is 8.47. The van der Waals surface area contributed by atoms with Gasteiger partial charge in [0.25, 0.3) is 0 Å². The second-order valence-corrected chi connectivity index (χ2v) is 6.02. The van der Waals surface area contributed by atoms with E-state index >= 15 is 0 Å². The zero-order chi connectivity index (χ0) is 17.8. The van der Waals surface area contributed by atoms with E-state index in [-0.39, 0.29) is 0 Å². The molecule has 26 heavy (non-hydrogen) atoms. The second kappa shape index (κ2) is 7.04. The summed E-state index contributed by atoms with van der Waals surface area (Å²) >= 11 is 0. The Labute approximate surface area is 153 Å². The van der Waals surface area contributed by atoms with E-state index in [0.29, 0.717) is 5.56 Å². The molecule has 122 valence electrons. The first kappa shape index (κ1) is 15.8. The molecule has 1 heterocycles. The average Bonchev–Trinajstić information content (AvgIpc) is 2.74. The highest BCUT2D eigenvalue weighted by Gasteiger charge is 2.11. The Morgan fingerprint density at radius 2 is 1.27 bits per heavy atom. The molecule has 0 spiro atoms. The smallest absolute Gasteiger partial charge is 0.0991 e. The molecule has 0 fully saturated rings. The second-order valence-electron chi connectivity index (χ2n) is 6.02. The van der Waals surface area contributed by atoms with Crippen LogP contribution in [0.1, 0.15) is 5.56 Å². The molecule has 4 aromatic rings. The van der Waals surface area contributed by atoms with Crippen LogP contribution >= 0.6 is 0 Å². The third kappa shape index (κ3) is 3.11. The molecule has 0 saturated heterocycles. The summed E-state index contributed by atoms with van der Waals surface area (Å²) in [6, 6.07) is 34.3. The first-order valence-electron chi connectivity index (χ1n) is 8.47. The van der Waals surface area contributed by atoms with E-state index in [1.807, 2.05) is 66.7 Å². The van der Waals surface area contributed by atoms with Gasteiger partial charge in [-0.3, -0.25) is 0 Å². The van der Waals surface area contributed by atoms with Crippen molar-refractivity contribution in [2.24, 2.45) is 0 Å². The zero-order valence-electron chi connectivity index (χ0n) is 14.1. The quantitative estimate of drug-likeness (QED) is 0.464. The Morgan fingerprint density at radius 1 is 0.615 bits per heavy atom. The van der Waals surface area contributed by atoms with E-state index in [9.17, 15) is 5.26 Å². The molecule has 0 amide bonds. The number of hydrogen-bond acceptors (Lipinski definition) is 2. The summed E-state index contributed by atoms with van der Waals surface area (Å²) < 4.78 is 0. The van der Waals surface area contributed by atoms with Crippen LogP contribution in [-0.4, -0.2) is 4.98 Å². The number of rotatable bonds is 3. The normalized spacial score (nSPS) is 10.3. The van der Waals surface area contributed by atoms with Gasteiger partial charge in [0.05, 0.1) is 23.0 Å². The van der Waals surface area contributed by atoms with Crippen LogP contribution < -0.4 is 0 Å². The van der Waals surface area contributed by atoms with Gasteiger partial charge in [-0.2, -0.15) is 5.26 Å². The number of benzene rings is 3. The van der Waals surface area contributed by atoms with Gasteiger partial charge in [-0.15, -0.1) is 0 Å². The SMILES string of the molecule is N#Cc1cccc(-c2ccc(-c3ccccc3)nc2-c2ccccc2)c1. The van der Waals surface area contributed by atoms with Crippen molar-refractivity contribution >= 4 is 0 Å². The molecule has 0 unspecified atom stereocenters. The summed E-state index contributed by atoms with van der Waals surface area (Å²) in [6.45, 7) is 0. The third-order valence-electron chi connectivity index (χ3n) is 4.31. The number of nitrogens with zero attached hydrogens (tertiary/aromatic N) is 2. The monoisotopic (exact) mass is 332 g/mol. The van der Waals surface area contributed by atoms with E-state index in [2.05, 4.69) is 36.4 Å². The summed E-state index contributed by atoms with van der Waals surface area (Å²) in [6.07, 6.45) is 0. The lowest BCUT2D eigenvalue weighted by Crippen LogP contribution is -1.93. The standard InChI is InChI=1S/C24H16N2/c25-17-18-8-7-13-21(16-18)22-14-15-23(19-9-3-1-4-10-19)26-24(22)20-11-5-2-6-12-20/h1-16H. The highest BCUT2D eigenvalue weighted by atomic mass is 14.7. The van der Waals surface area contributed by atoms with Crippen molar-refractivity contribution in [3.05, 3.63) is 103 Å². The molecule has 4 rings (SSSR count). The van der Waals surface area contributed by atoms with Gasteiger partial charge in [0, 0.05) is 16.7 Å². The Bertz CT molecular complexity index is 1080. The van der Waals surface area contributed by atoms with E-state index in [1.165, 1.54) is 0 Å². The predicted octanol–water partition coefficient (Wildman–Crippen LogP) is 5.95. The van der Waals surface area contributed by atoms with Crippen molar-refractivity contribution in [2.45, 2.75) is 0 Å². The molecule has 0 bridgehead atoms. The van der Waals surface area contributed by atoms with E-state index in [4.69, 9.17) is 4.98 Å². The van der Waals surface area contributed by atoms with Crippen molar-refractivity contribution in [1.82, 2.24) is 4.98 Å². The largest absolute Gasteiger partial charge is 0.247 e. The van der Waals surface area contributed by atoms with Crippen LogP contribution in [0.15, 0.2) is 97.1 Å². The lowest BCUT2D eigenvalue weighted by molar-refractivity contribution is 1.32. The summed E-state index contributed by atoms with van der Waals surface area (Å²) in [5, 5.41) is 9.22. The van der Waals surface area contributed by atoms with Crippen molar-refractivity contribution in [3.63, 3.8) is 0 Å². The first-order chi connectivity index (χ1) is 12.8. The molecular weight excluding hydrogens is 316 g/mol. The van der Waals surface area contributed by atoms with Gasteiger partial charge in [0.1, 0.15) is 0 Å². The minimum absolute atomic E-state index is 0.647. The maximum Gasteiger partial charge on any atom is 0.0991 e. The van der Waals surface area contributed by atoms with Gasteiger partial charge in [-0.1, -0.05) is 78.9 Å². The topological polar surface area (TPSA) is 36.7 Å². The molecule has 0 atom stereocenters. The summed E-state index contributed by atoms with van der Waals surface area (Å²) in [5.41, 5.74) is 6.66. The van der Waals surface area contributed by atoms with Crippen LogP contribution in [-0.2, 0) is 0 Å². The fourth-order valence-electron chi connectivity index (χ4n) is 3.03. The Balaban J connectivity index is 1.93. The van der Waals surface area contributed by atoms with Gasteiger partial charge >= 0.3 is 0 Å². The fourth-order valence-corrected chi connectivity index (χ4v) is 3.03. The molecule has 2 nitrogen and oxygen atoms in total. The number of nitriles is 1. The van der Waals surface area contributed by atoms with Crippen molar-refractivity contribution in [2.75, 3.05) is 0 Å². The zero-order valence-corrected chi connectivity index (χ0v) is 14.1. The van der Waals surface area contributed by atoms with E-state index in [1.54, 1.807) is 0 Å². The fraction of sp³-hybridized carbons (Fsp3) is 0. The van der Waals surface area contributed by atoms with Crippen LogP contribution in [0.3, 0.4) is 0 Å². The summed E-state index contributed by atoms with van der Waals surface area (Å²) in [5.74, 6) is 0. The molecule has 1 aromatic heterocycles. The molecule has 0 N–H and O–H groups in total. The maximum absolute atomic E-state index is 9.22. The summed E-state index contributed by atoms with van der Waals surface area (Å²) in [4.78, 5) is 4.96. The average molecular weight is 332 g/mol. The lowest BCUT2D eigenvalue weighted by atomic mass is 9.97. The molecule has 0 radical (unpaired) electrons. The molecule has 0 saturated carbocycles. The lowest BCUT2D eigenvalue weighted by Gasteiger charge is -2.12. The van der Waals surface area contributed by atoms with Gasteiger partial charge in [-0.05, 0) is 23.8 Å². The van der Waals surface area contributed by atoms with Gasteiger partial charge < -0.3 is 0 Å².